The number of amides is 1. The van der Waals surface area contributed by atoms with Crippen LogP contribution in [0.25, 0.3) is 11.1 Å². The van der Waals surface area contributed by atoms with Gasteiger partial charge in [0.15, 0.2) is 0 Å². The highest BCUT2D eigenvalue weighted by atomic mass is 16.5. The molecule has 7 nitrogen and oxygen atoms in total. The Morgan fingerprint density at radius 1 is 1.10 bits per heavy atom. The SMILES string of the molecule is CN(CCO)Cc1ccc(C(=O)N2CCc3c(-c4ccccc4)cccc32)cc1OCc1cncc(C#N)c1. The quantitative estimate of drug-likeness (QED) is 0.342. The van der Waals surface area contributed by atoms with E-state index >= 15 is 0 Å². The third-order valence-corrected chi connectivity index (χ3v) is 6.91. The van der Waals surface area contributed by atoms with Crippen LogP contribution in [0.4, 0.5) is 5.69 Å². The van der Waals surface area contributed by atoms with Gasteiger partial charge in [-0.25, -0.2) is 0 Å². The Balaban J connectivity index is 1.43. The first kappa shape index (κ1) is 26.1. The molecule has 196 valence electrons. The molecule has 0 bridgehead atoms. The summed E-state index contributed by atoms with van der Waals surface area (Å²) < 4.78 is 6.19. The van der Waals surface area contributed by atoms with Crippen molar-refractivity contribution in [2.24, 2.45) is 0 Å². The normalized spacial score (nSPS) is 12.3. The van der Waals surface area contributed by atoms with Crippen LogP contribution in [0.15, 0.2) is 85.2 Å². The standard InChI is InChI=1S/C32H30N4O3/c1-35(14-15-37)21-27-11-10-26(17-31(27)39-22-24-16-23(18-33)19-34-20-24)32(38)36-13-12-29-28(8-5-9-30(29)36)25-6-3-2-4-7-25/h2-11,16-17,19-20,37H,12-15,21-22H2,1H3. The first-order valence-electron chi connectivity index (χ1n) is 13.0. The Kier molecular flexibility index (Phi) is 7.97. The molecule has 1 aromatic heterocycles. The van der Waals surface area contributed by atoms with Crippen molar-refractivity contribution in [3.63, 3.8) is 0 Å². The topological polar surface area (TPSA) is 89.7 Å². The monoisotopic (exact) mass is 518 g/mol. The Morgan fingerprint density at radius 2 is 1.95 bits per heavy atom. The lowest BCUT2D eigenvalue weighted by atomic mass is 9.98. The van der Waals surface area contributed by atoms with Crippen molar-refractivity contribution in [2.75, 3.05) is 31.6 Å². The number of pyridine rings is 1. The van der Waals surface area contributed by atoms with Crippen molar-refractivity contribution >= 4 is 11.6 Å². The number of benzene rings is 3. The molecule has 0 saturated heterocycles. The molecule has 0 radical (unpaired) electrons. The summed E-state index contributed by atoms with van der Waals surface area (Å²) in [6, 6.07) is 25.8. The van der Waals surface area contributed by atoms with Crippen molar-refractivity contribution < 1.29 is 14.6 Å². The zero-order valence-corrected chi connectivity index (χ0v) is 21.9. The first-order chi connectivity index (χ1) is 19.1. The second-order valence-corrected chi connectivity index (χ2v) is 9.64. The third-order valence-electron chi connectivity index (χ3n) is 6.91. The van der Waals surface area contributed by atoms with Crippen molar-refractivity contribution in [3.8, 4) is 22.9 Å². The summed E-state index contributed by atoms with van der Waals surface area (Å²) in [4.78, 5) is 21.7. The molecule has 1 aliphatic heterocycles. The molecule has 0 fully saturated rings. The molecule has 1 aliphatic rings. The van der Waals surface area contributed by atoms with E-state index in [2.05, 4.69) is 29.3 Å². The summed E-state index contributed by atoms with van der Waals surface area (Å²) in [5, 5.41) is 18.5. The molecule has 1 amide bonds. The van der Waals surface area contributed by atoms with E-state index in [0.29, 0.717) is 36.5 Å². The van der Waals surface area contributed by atoms with Gasteiger partial charge in [-0.15, -0.1) is 0 Å². The number of rotatable bonds is 9. The number of hydrogen-bond donors (Lipinski definition) is 1. The van der Waals surface area contributed by atoms with Crippen molar-refractivity contribution in [1.29, 1.82) is 5.26 Å². The van der Waals surface area contributed by atoms with Crippen LogP contribution in [-0.2, 0) is 19.6 Å². The molecule has 2 heterocycles. The highest BCUT2D eigenvalue weighted by Gasteiger charge is 2.28. The molecular weight excluding hydrogens is 488 g/mol. The molecule has 0 unspecified atom stereocenters. The van der Waals surface area contributed by atoms with Crippen molar-refractivity contribution in [2.45, 2.75) is 19.6 Å². The number of aliphatic hydroxyl groups excluding tert-OH is 1. The lowest BCUT2D eigenvalue weighted by Crippen LogP contribution is -2.29. The predicted octanol–water partition coefficient (Wildman–Crippen LogP) is 4.83. The van der Waals surface area contributed by atoms with Crippen LogP contribution >= 0.6 is 0 Å². The van der Waals surface area contributed by atoms with Crippen LogP contribution < -0.4 is 9.64 Å². The van der Waals surface area contributed by atoms with E-state index in [1.54, 1.807) is 18.3 Å². The van der Waals surface area contributed by atoms with Gasteiger partial charge in [-0.1, -0.05) is 48.5 Å². The van der Waals surface area contributed by atoms with Gasteiger partial charge in [0.2, 0.25) is 0 Å². The van der Waals surface area contributed by atoms with Gasteiger partial charge in [-0.3, -0.25) is 14.7 Å². The number of aliphatic hydroxyl groups is 1. The molecule has 39 heavy (non-hydrogen) atoms. The number of aromatic nitrogens is 1. The molecule has 0 saturated carbocycles. The molecular formula is C32H30N4O3. The maximum atomic E-state index is 13.8. The number of hydrogen-bond acceptors (Lipinski definition) is 6. The van der Waals surface area contributed by atoms with E-state index in [1.807, 2.05) is 59.3 Å². The van der Waals surface area contributed by atoms with E-state index < -0.39 is 0 Å². The Bertz CT molecular complexity index is 1510. The van der Waals surface area contributed by atoms with Gasteiger partial charge in [0.05, 0.1) is 12.2 Å². The van der Waals surface area contributed by atoms with Crippen molar-refractivity contribution in [1.82, 2.24) is 9.88 Å². The van der Waals surface area contributed by atoms with Gasteiger partial charge in [0.1, 0.15) is 18.4 Å². The summed E-state index contributed by atoms with van der Waals surface area (Å²) in [5.74, 6) is 0.512. The molecule has 0 atom stereocenters. The lowest BCUT2D eigenvalue weighted by Gasteiger charge is -2.21. The van der Waals surface area contributed by atoms with Gasteiger partial charge in [0.25, 0.3) is 5.91 Å². The zero-order chi connectivity index (χ0) is 27.2. The Labute approximate surface area is 228 Å². The average Bonchev–Trinajstić information content (AvgIpc) is 3.41. The van der Waals surface area contributed by atoms with Gasteiger partial charge in [0, 0.05) is 54.4 Å². The molecule has 1 N–H and O–H groups in total. The molecule has 0 spiro atoms. The molecule has 0 aliphatic carbocycles. The van der Waals surface area contributed by atoms with E-state index in [-0.39, 0.29) is 19.1 Å². The lowest BCUT2D eigenvalue weighted by molar-refractivity contribution is 0.0989. The largest absolute Gasteiger partial charge is 0.488 e. The maximum Gasteiger partial charge on any atom is 0.258 e. The number of nitrogens with zero attached hydrogens (tertiary/aromatic N) is 4. The second-order valence-electron chi connectivity index (χ2n) is 9.64. The summed E-state index contributed by atoms with van der Waals surface area (Å²) in [5.41, 5.74) is 7.09. The van der Waals surface area contributed by atoms with Gasteiger partial charge in [-0.2, -0.15) is 5.26 Å². The first-order valence-corrected chi connectivity index (χ1v) is 13.0. The number of likely N-dealkylation sites (N-methyl/N-ethyl adjacent to an activating group) is 1. The Morgan fingerprint density at radius 3 is 2.74 bits per heavy atom. The summed E-state index contributed by atoms with van der Waals surface area (Å²) in [7, 11) is 1.92. The molecule has 3 aromatic carbocycles. The summed E-state index contributed by atoms with van der Waals surface area (Å²) in [6.07, 6.45) is 3.97. The van der Waals surface area contributed by atoms with E-state index in [0.717, 1.165) is 34.4 Å². The van der Waals surface area contributed by atoms with Gasteiger partial charge >= 0.3 is 0 Å². The fourth-order valence-electron chi connectivity index (χ4n) is 4.97. The van der Waals surface area contributed by atoms with Crippen LogP contribution in [-0.4, -0.2) is 47.6 Å². The maximum absolute atomic E-state index is 13.8. The number of fused-ring (bicyclic) bond motifs is 1. The van der Waals surface area contributed by atoms with Crippen LogP contribution in [0.1, 0.15) is 32.6 Å². The minimum atomic E-state index is -0.0766. The number of anilines is 1. The summed E-state index contributed by atoms with van der Waals surface area (Å²) in [6.45, 7) is 1.94. The van der Waals surface area contributed by atoms with Crippen molar-refractivity contribution in [3.05, 3.63) is 113 Å². The smallest absolute Gasteiger partial charge is 0.258 e. The van der Waals surface area contributed by atoms with Gasteiger partial charge < -0.3 is 14.7 Å². The number of ether oxygens (including phenoxy) is 1. The van der Waals surface area contributed by atoms with E-state index in [1.165, 1.54) is 11.8 Å². The second kappa shape index (κ2) is 11.9. The van der Waals surface area contributed by atoms with E-state index in [4.69, 9.17) is 4.74 Å². The molecule has 7 heteroatoms. The number of nitriles is 1. The molecule has 5 rings (SSSR count). The third kappa shape index (κ3) is 5.83. The minimum absolute atomic E-state index is 0.0508. The number of carbonyl (C=O) groups excluding carboxylic acids is 1. The van der Waals surface area contributed by atoms with Crippen LogP contribution in [0, 0.1) is 11.3 Å². The highest BCUT2D eigenvalue weighted by molar-refractivity contribution is 6.08. The average molecular weight is 519 g/mol. The zero-order valence-electron chi connectivity index (χ0n) is 21.9. The molecule has 4 aromatic rings. The summed E-state index contributed by atoms with van der Waals surface area (Å²) >= 11 is 0. The van der Waals surface area contributed by atoms with Crippen LogP contribution in [0.5, 0.6) is 5.75 Å². The fraction of sp³-hybridized carbons (Fsp3) is 0.219. The Hall–Kier alpha value is -4.51. The van der Waals surface area contributed by atoms with E-state index in [9.17, 15) is 15.2 Å². The minimum Gasteiger partial charge on any atom is -0.488 e. The predicted molar refractivity (Wildman–Crippen MR) is 150 cm³/mol. The van der Waals surface area contributed by atoms with Crippen LogP contribution in [0.2, 0.25) is 0 Å². The van der Waals surface area contributed by atoms with Gasteiger partial charge in [-0.05, 0) is 54.4 Å². The number of carbonyl (C=O) groups is 1. The van der Waals surface area contributed by atoms with Crippen LogP contribution in [0.3, 0.4) is 0 Å². The fourth-order valence-corrected chi connectivity index (χ4v) is 4.97. The highest BCUT2D eigenvalue weighted by Crippen LogP contribution is 2.37.